The number of aryl methyl sites for hydroxylation is 2. The molecule has 1 fully saturated rings. The van der Waals surface area contributed by atoms with E-state index in [1.807, 2.05) is 59.3 Å². The van der Waals surface area contributed by atoms with Gasteiger partial charge in [0, 0.05) is 31.7 Å². The fraction of sp³-hybridized carbons (Fsp3) is 0.348. The summed E-state index contributed by atoms with van der Waals surface area (Å²) in [6.45, 7) is 4.34. The highest BCUT2D eigenvalue weighted by atomic mass is 32.2. The fourth-order valence-electron chi connectivity index (χ4n) is 4.00. The average Bonchev–Trinajstić information content (AvgIpc) is 3.14. The van der Waals surface area contributed by atoms with Gasteiger partial charge < -0.3 is 9.09 Å². The van der Waals surface area contributed by atoms with Crippen molar-refractivity contribution in [3.05, 3.63) is 77.2 Å². The zero-order valence-electron chi connectivity index (χ0n) is 18.1. The van der Waals surface area contributed by atoms with Gasteiger partial charge in [-0.05, 0) is 44.4 Å². The number of hydrogen-bond acceptors (Lipinski definition) is 5. The standard InChI is InChI=1S/C23H26N4O4S/c1-17-22(18(2)31-25-17)32(29,30)27-14-11-20(12-15-27)23(28)24-21-10-6-7-13-26(21)16-19-8-4-3-5-9-19/h3-10,13,20H,11-12,14-16H2,1-2H3. The molecule has 1 aromatic carbocycles. The lowest BCUT2D eigenvalue weighted by Crippen LogP contribution is -2.40. The third kappa shape index (κ3) is 4.58. The van der Waals surface area contributed by atoms with Crippen molar-refractivity contribution in [2.24, 2.45) is 10.9 Å². The number of rotatable bonds is 5. The number of sulfonamides is 1. The molecule has 168 valence electrons. The Morgan fingerprint density at radius 3 is 2.44 bits per heavy atom. The molecule has 3 heterocycles. The molecule has 0 spiro atoms. The molecule has 0 radical (unpaired) electrons. The summed E-state index contributed by atoms with van der Waals surface area (Å²) in [5.74, 6) is -0.244. The zero-order valence-corrected chi connectivity index (χ0v) is 19.0. The van der Waals surface area contributed by atoms with Crippen molar-refractivity contribution in [1.29, 1.82) is 0 Å². The maximum Gasteiger partial charge on any atom is 0.250 e. The van der Waals surface area contributed by atoms with Crippen LogP contribution in [0.15, 0.2) is 69.1 Å². The number of carbonyl (C=O) groups is 1. The van der Waals surface area contributed by atoms with Crippen LogP contribution in [0.1, 0.15) is 29.9 Å². The Kier molecular flexibility index (Phi) is 6.38. The molecule has 0 bridgehead atoms. The molecule has 3 aromatic rings. The van der Waals surface area contributed by atoms with Crippen LogP contribution in [0.2, 0.25) is 0 Å². The zero-order chi connectivity index (χ0) is 22.7. The van der Waals surface area contributed by atoms with Crippen LogP contribution in [0, 0.1) is 19.8 Å². The summed E-state index contributed by atoms with van der Waals surface area (Å²) in [6, 6.07) is 15.6. The summed E-state index contributed by atoms with van der Waals surface area (Å²) in [7, 11) is -3.70. The SMILES string of the molecule is Cc1noc(C)c1S(=O)(=O)N1CCC(C(=O)N=c2ccccn2Cc2ccccc2)CC1. The molecule has 1 saturated heterocycles. The second-order valence-electron chi connectivity index (χ2n) is 7.95. The van der Waals surface area contributed by atoms with Gasteiger partial charge in [0.15, 0.2) is 5.76 Å². The third-order valence-corrected chi connectivity index (χ3v) is 7.85. The van der Waals surface area contributed by atoms with Gasteiger partial charge in [-0.3, -0.25) is 4.79 Å². The molecule has 0 saturated carbocycles. The van der Waals surface area contributed by atoms with E-state index in [2.05, 4.69) is 10.1 Å². The second kappa shape index (κ2) is 9.22. The Morgan fingerprint density at radius 2 is 1.78 bits per heavy atom. The van der Waals surface area contributed by atoms with E-state index in [4.69, 9.17) is 4.52 Å². The molecule has 1 aliphatic rings. The number of benzene rings is 1. The van der Waals surface area contributed by atoms with Crippen molar-refractivity contribution in [3.8, 4) is 0 Å². The largest absolute Gasteiger partial charge is 0.360 e. The molecule has 1 aliphatic heterocycles. The van der Waals surface area contributed by atoms with Crippen LogP contribution >= 0.6 is 0 Å². The molecule has 9 heteroatoms. The fourth-order valence-corrected chi connectivity index (χ4v) is 5.76. The predicted molar refractivity (Wildman–Crippen MR) is 118 cm³/mol. The van der Waals surface area contributed by atoms with Crippen molar-refractivity contribution in [2.75, 3.05) is 13.1 Å². The summed E-state index contributed by atoms with van der Waals surface area (Å²) >= 11 is 0. The normalized spacial score (nSPS) is 16.4. The maximum atomic E-state index is 13.0. The van der Waals surface area contributed by atoms with E-state index in [1.165, 1.54) is 4.31 Å². The van der Waals surface area contributed by atoms with Crippen molar-refractivity contribution in [2.45, 2.75) is 38.1 Å². The molecule has 32 heavy (non-hydrogen) atoms. The Bertz CT molecular complexity index is 1250. The van der Waals surface area contributed by atoms with Gasteiger partial charge in [0.1, 0.15) is 16.1 Å². The van der Waals surface area contributed by atoms with Crippen molar-refractivity contribution >= 4 is 15.9 Å². The van der Waals surface area contributed by atoms with E-state index >= 15 is 0 Å². The molecule has 1 amide bonds. The van der Waals surface area contributed by atoms with E-state index in [9.17, 15) is 13.2 Å². The van der Waals surface area contributed by atoms with Gasteiger partial charge in [-0.1, -0.05) is 41.6 Å². The minimum Gasteiger partial charge on any atom is -0.360 e. The molecule has 0 unspecified atom stereocenters. The van der Waals surface area contributed by atoms with E-state index < -0.39 is 10.0 Å². The Balaban J connectivity index is 1.47. The predicted octanol–water partition coefficient (Wildman–Crippen LogP) is 2.67. The second-order valence-corrected chi connectivity index (χ2v) is 9.83. The Hall–Kier alpha value is -3.04. The van der Waals surface area contributed by atoms with Crippen LogP contribution in [0.25, 0.3) is 0 Å². The smallest absolute Gasteiger partial charge is 0.250 e. The first kappa shape index (κ1) is 22.2. The molecule has 0 atom stereocenters. The number of amides is 1. The highest BCUT2D eigenvalue weighted by Gasteiger charge is 2.35. The average molecular weight is 455 g/mol. The lowest BCUT2D eigenvalue weighted by atomic mass is 9.97. The first-order valence-electron chi connectivity index (χ1n) is 10.6. The number of pyridine rings is 1. The summed E-state index contributed by atoms with van der Waals surface area (Å²) in [4.78, 5) is 17.4. The third-order valence-electron chi connectivity index (χ3n) is 5.71. The van der Waals surface area contributed by atoms with Gasteiger partial charge in [-0.2, -0.15) is 9.30 Å². The van der Waals surface area contributed by atoms with Gasteiger partial charge in [0.25, 0.3) is 5.91 Å². The summed E-state index contributed by atoms with van der Waals surface area (Å²) < 4.78 is 34.3. The van der Waals surface area contributed by atoms with Crippen molar-refractivity contribution in [3.63, 3.8) is 0 Å². The summed E-state index contributed by atoms with van der Waals surface area (Å²) in [5.41, 5.74) is 2.06. The number of hydrogen-bond donors (Lipinski definition) is 0. The highest BCUT2D eigenvalue weighted by molar-refractivity contribution is 7.89. The van der Waals surface area contributed by atoms with Gasteiger partial charge in [0.05, 0.1) is 0 Å². The lowest BCUT2D eigenvalue weighted by molar-refractivity contribution is -0.122. The van der Waals surface area contributed by atoms with Crippen LogP contribution in [-0.4, -0.2) is 41.4 Å². The van der Waals surface area contributed by atoms with Crippen molar-refractivity contribution in [1.82, 2.24) is 14.0 Å². The topological polar surface area (TPSA) is 97.8 Å². The van der Waals surface area contributed by atoms with Crippen molar-refractivity contribution < 1.29 is 17.7 Å². The lowest BCUT2D eigenvalue weighted by Gasteiger charge is -2.29. The van der Waals surface area contributed by atoms with E-state index in [1.54, 1.807) is 13.8 Å². The number of aromatic nitrogens is 2. The monoisotopic (exact) mass is 454 g/mol. The molecule has 0 N–H and O–H groups in total. The molecule has 2 aromatic heterocycles. The van der Waals surface area contributed by atoms with Gasteiger partial charge in [-0.15, -0.1) is 0 Å². The molecule has 8 nitrogen and oxygen atoms in total. The van der Waals surface area contributed by atoms with Crippen LogP contribution < -0.4 is 5.49 Å². The number of piperidine rings is 1. The number of carbonyl (C=O) groups excluding carboxylic acids is 1. The van der Waals surface area contributed by atoms with E-state index in [0.717, 1.165) is 5.56 Å². The van der Waals surface area contributed by atoms with Crippen LogP contribution in [-0.2, 0) is 21.4 Å². The van der Waals surface area contributed by atoms with E-state index in [-0.39, 0.29) is 35.6 Å². The van der Waals surface area contributed by atoms with E-state index in [0.29, 0.717) is 30.6 Å². The molecular formula is C23H26N4O4S. The molecular weight excluding hydrogens is 428 g/mol. The van der Waals surface area contributed by atoms with Gasteiger partial charge >= 0.3 is 0 Å². The highest BCUT2D eigenvalue weighted by Crippen LogP contribution is 2.28. The van der Waals surface area contributed by atoms with Gasteiger partial charge in [0.2, 0.25) is 10.0 Å². The molecule has 0 aliphatic carbocycles. The van der Waals surface area contributed by atoms with Crippen LogP contribution in [0.4, 0.5) is 0 Å². The van der Waals surface area contributed by atoms with Gasteiger partial charge in [-0.25, -0.2) is 8.42 Å². The quantitative estimate of drug-likeness (QED) is 0.590. The maximum absolute atomic E-state index is 13.0. The van der Waals surface area contributed by atoms with Crippen LogP contribution in [0.5, 0.6) is 0 Å². The number of nitrogens with zero attached hydrogens (tertiary/aromatic N) is 4. The molecule has 4 rings (SSSR count). The first-order chi connectivity index (χ1) is 15.4. The van der Waals surface area contributed by atoms with Crippen LogP contribution in [0.3, 0.4) is 0 Å². The summed E-state index contributed by atoms with van der Waals surface area (Å²) in [5, 5.41) is 3.75. The summed E-state index contributed by atoms with van der Waals surface area (Å²) in [6.07, 6.45) is 2.75. The Labute approximate surface area is 187 Å². The minimum absolute atomic E-state index is 0.123. The Morgan fingerprint density at radius 1 is 1.09 bits per heavy atom. The first-order valence-corrected chi connectivity index (χ1v) is 12.0. The minimum atomic E-state index is -3.70.